The summed E-state index contributed by atoms with van der Waals surface area (Å²) in [6.45, 7) is 3.84. The number of carbonyl (C=O) groups excluding carboxylic acids is 1. The second-order valence-corrected chi connectivity index (χ2v) is 9.03. The van der Waals surface area contributed by atoms with Crippen molar-refractivity contribution in [2.24, 2.45) is 0 Å². The molecule has 0 saturated carbocycles. The van der Waals surface area contributed by atoms with Crippen LogP contribution in [-0.2, 0) is 4.79 Å². The number of rotatable bonds is 2. The summed E-state index contributed by atoms with van der Waals surface area (Å²) in [4.78, 5) is 41.4. The number of pyridine rings is 1. The number of carbonyl (C=O) groups is 1. The zero-order valence-electron chi connectivity index (χ0n) is 19.2. The second kappa shape index (κ2) is 7.81. The maximum atomic E-state index is 13.2. The lowest BCUT2D eigenvalue weighted by atomic mass is 9.82. The van der Waals surface area contributed by atoms with Gasteiger partial charge < -0.3 is 14.1 Å². The summed E-state index contributed by atoms with van der Waals surface area (Å²) in [6.07, 6.45) is 0.0389. The SMILES string of the molecule is Cc1ccc2cc(C3CC(=O)Oc4c3c(C)cc3oc(=O)cc(-c5ccccc5)c43)c(=O)[nH]c2c1. The number of aromatic nitrogens is 1. The number of benzene rings is 3. The van der Waals surface area contributed by atoms with Gasteiger partial charge in [0.05, 0.1) is 11.8 Å². The van der Waals surface area contributed by atoms with Crippen molar-refractivity contribution in [3.05, 3.63) is 110 Å². The molecule has 1 aliphatic heterocycles. The molecule has 1 N–H and O–H groups in total. The fourth-order valence-electron chi connectivity index (χ4n) is 5.10. The Bertz CT molecular complexity index is 1780. The minimum atomic E-state index is -0.499. The molecule has 3 heterocycles. The van der Waals surface area contributed by atoms with Crippen LogP contribution in [0.5, 0.6) is 5.75 Å². The van der Waals surface area contributed by atoms with Crippen molar-refractivity contribution in [1.29, 1.82) is 0 Å². The van der Waals surface area contributed by atoms with Crippen molar-refractivity contribution in [2.45, 2.75) is 26.2 Å². The van der Waals surface area contributed by atoms with Crippen LogP contribution in [0.4, 0.5) is 0 Å². The van der Waals surface area contributed by atoms with Gasteiger partial charge in [0.2, 0.25) is 0 Å². The third kappa shape index (κ3) is 3.46. The molecule has 5 aromatic rings. The molecule has 2 aromatic heterocycles. The molecule has 0 spiro atoms. The molecule has 6 nitrogen and oxygen atoms in total. The van der Waals surface area contributed by atoms with E-state index in [9.17, 15) is 14.4 Å². The quantitative estimate of drug-likeness (QED) is 0.216. The Hall–Kier alpha value is -4.45. The third-order valence-electron chi connectivity index (χ3n) is 6.66. The van der Waals surface area contributed by atoms with E-state index in [1.165, 1.54) is 6.07 Å². The van der Waals surface area contributed by atoms with Gasteiger partial charge in [0, 0.05) is 34.2 Å². The van der Waals surface area contributed by atoms with E-state index in [2.05, 4.69) is 4.98 Å². The molecule has 172 valence electrons. The van der Waals surface area contributed by atoms with Gasteiger partial charge >= 0.3 is 11.6 Å². The van der Waals surface area contributed by atoms with Crippen LogP contribution in [0.2, 0.25) is 0 Å². The van der Waals surface area contributed by atoms with Crippen molar-refractivity contribution in [1.82, 2.24) is 4.98 Å². The Balaban J connectivity index is 1.67. The molecule has 1 aliphatic rings. The van der Waals surface area contributed by atoms with E-state index in [4.69, 9.17) is 9.15 Å². The van der Waals surface area contributed by atoms with E-state index < -0.39 is 17.5 Å². The number of ether oxygens (including phenoxy) is 1. The van der Waals surface area contributed by atoms with Crippen LogP contribution in [0.3, 0.4) is 0 Å². The Morgan fingerprint density at radius 1 is 0.914 bits per heavy atom. The molecule has 3 aromatic carbocycles. The molecule has 6 heteroatoms. The van der Waals surface area contributed by atoms with E-state index in [0.717, 1.165) is 33.2 Å². The predicted octanol–water partition coefficient (Wildman–Crippen LogP) is 5.36. The molecule has 1 unspecified atom stereocenters. The molecule has 0 saturated heterocycles. The van der Waals surface area contributed by atoms with E-state index in [1.54, 1.807) is 6.07 Å². The molecular weight excluding hydrogens is 442 g/mol. The predicted molar refractivity (Wildman–Crippen MR) is 134 cm³/mol. The Morgan fingerprint density at radius 3 is 2.51 bits per heavy atom. The van der Waals surface area contributed by atoms with E-state index in [-0.39, 0.29) is 12.0 Å². The number of hydrogen-bond acceptors (Lipinski definition) is 5. The molecular formula is C29H21NO5. The number of aromatic amines is 1. The highest BCUT2D eigenvalue weighted by Crippen LogP contribution is 2.46. The molecule has 0 fully saturated rings. The van der Waals surface area contributed by atoms with Crippen LogP contribution >= 0.6 is 0 Å². The fourth-order valence-corrected chi connectivity index (χ4v) is 5.10. The largest absolute Gasteiger partial charge is 0.425 e. The number of H-pyrrole nitrogens is 1. The zero-order chi connectivity index (χ0) is 24.3. The highest BCUT2D eigenvalue weighted by Gasteiger charge is 2.34. The maximum absolute atomic E-state index is 13.2. The Labute approximate surface area is 199 Å². The number of fused-ring (bicyclic) bond motifs is 4. The Morgan fingerprint density at radius 2 is 1.71 bits per heavy atom. The lowest BCUT2D eigenvalue weighted by Gasteiger charge is -2.28. The van der Waals surface area contributed by atoms with Gasteiger partial charge in [-0.25, -0.2) is 4.79 Å². The first kappa shape index (κ1) is 21.1. The van der Waals surface area contributed by atoms with Crippen LogP contribution in [-0.4, -0.2) is 11.0 Å². The molecule has 1 atom stereocenters. The smallest absolute Gasteiger partial charge is 0.336 e. The lowest BCUT2D eigenvalue weighted by Crippen LogP contribution is -2.26. The van der Waals surface area contributed by atoms with E-state index in [0.29, 0.717) is 27.8 Å². The van der Waals surface area contributed by atoms with E-state index >= 15 is 0 Å². The summed E-state index contributed by atoms with van der Waals surface area (Å²) in [5.74, 6) is -0.601. The van der Waals surface area contributed by atoms with Gasteiger partial charge in [-0.3, -0.25) is 9.59 Å². The van der Waals surface area contributed by atoms with Gasteiger partial charge in [0.25, 0.3) is 5.56 Å². The third-order valence-corrected chi connectivity index (χ3v) is 6.66. The summed E-state index contributed by atoms with van der Waals surface area (Å²) in [7, 11) is 0. The molecule has 0 radical (unpaired) electrons. The van der Waals surface area contributed by atoms with Crippen molar-refractivity contribution >= 4 is 27.8 Å². The van der Waals surface area contributed by atoms with E-state index in [1.807, 2.05) is 68.4 Å². The highest BCUT2D eigenvalue weighted by molar-refractivity contribution is 6.01. The van der Waals surface area contributed by atoms with Crippen molar-refractivity contribution < 1.29 is 13.9 Å². The van der Waals surface area contributed by atoms with Gasteiger partial charge in [-0.05, 0) is 54.1 Å². The van der Waals surface area contributed by atoms with Crippen molar-refractivity contribution in [2.75, 3.05) is 0 Å². The van der Waals surface area contributed by atoms with Crippen molar-refractivity contribution in [3.8, 4) is 16.9 Å². The van der Waals surface area contributed by atoms with Crippen LogP contribution in [0.15, 0.2) is 80.7 Å². The molecule has 6 rings (SSSR count). The molecule has 0 bridgehead atoms. The first-order valence-corrected chi connectivity index (χ1v) is 11.4. The average molecular weight is 463 g/mol. The zero-order valence-corrected chi connectivity index (χ0v) is 19.2. The summed E-state index contributed by atoms with van der Waals surface area (Å²) in [6, 6.07) is 20.3. The highest BCUT2D eigenvalue weighted by atomic mass is 16.5. The van der Waals surface area contributed by atoms with Gasteiger partial charge in [-0.1, -0.05) is 42.5 Å². The first-order valence-electron chi connectivity index (χ1n) is 11.4. The van der Waals surface area contributed by atoms with Crippen LogP contribution in [0.1, 0.15) is 34.6 Å². The summed E-state index contributed by atoms with van der Waals surface area (Å²) in [5, 5.41) is 1.43. The number of esters is 1. The minimum absolute atomic E-state index is 0.0389. The molecule has 35 heavy (non-hydrogen) atoms. The monoisotopic (exact) mass is 463 g/mol. The second-order valence-electron chi connectivity index (χ2n) is 9.03. The lowest BCUT2D eigenvalue weighted by molar-refractivity contribution is -0.135. The van der Waals surface area contributed by atoms with Crippen LogP contribution in [0.25, 0.3) is 33.0 Å². The molecule has 0 aliphatic carbocycles. The van der Waals surface area contributed by atoms with Crippen LogP contribution in [0, 0.1) is 13.8 Å². The maximum Gasteiger partial charge on any atom is 0.336 e. The van der Waals surface area contributed by atoms with Gasteiger partial charge in [0.1, 0.15) is 11.3 Å². The minimum Gasteiger partial charge on any atom is -0.425 e. The van der Waals surface area contributed by atoms with Gasteiger partial charge in [0.15, 0.2) is 0 Å². The number of nitrogens with one attached hydrogen (secondary N) is 1. The summed E-state index contributed by atoms with van der Waals surface area (Å²) >= 11 is 0. The summed E-state index contributed by atoms with van der Waals surface area (Å²) in [5.41, 5.74) is 4.85. The number of aryl methyl sites for hydroxylation is 2. The molecule has 0 amide bonds. The summed E-state index contributed by atoms with van der Waals surface area (Å²) < 4.78 is 11.3. The number of hydrogen-bond donors (Lipinski definition) is 1. The fraction of sp³-hybridized carbons (Fsp3) is 0.138. The average Bonchev–Trinajstić information content (AvgIpc) is 2.83. The normalized spacial score (nSPS) is 15.3. The van der Waals surface area contributed by atoms with Crippen LogP contribution < -0.4 is 15.9 Å². The first-order chi connectivity index (χ1) is 16.9. The van der Waals surface area contributed by atoms with Gasteiger partial charge in [-0.2, -0.15) is 0 Å². The topological polar surface area (TPSA) is 89.4 Å². The Kier molecular flexibility index (Phi) is 4.71. The standard InChI is InChI=1S/C29H21NO5/c1-15-8-9-18-12-21(29(33)30-22(18)10-15)20-14-25(32)35-28-26(20)16(2)11-23-27(28)19(13-24(31)34-23)17-6-4-3-5-7-17/h3-13,20H,14H2,1-2H3,(H,30,33). The van der Waals surface area contributed by atoms with Gasteiger partial charge in [-0.15, -0.1) is 0 Å². The van der Waals surface area contributed by atoms with Crippen molar-refractivity contribution in [3.63, 3.8) is 0 Å².